The molecule has 1 atom stereocenters. The van der Waals surface area contributed by atoms with Gasteiger partial charge in [0.1, 0.15) is 0 Å². The molecule has 0 spiro atoms. The molecular formula is C7H13NOS. The molecule has 10 heavy (non-hydrogen) atoms. The molecule has 1 amide bonds. The normalized spacial score (nSPS) is 24.8. The van der Waals surface area contributed by atoms with Crippen LogP contribution in [0.2, 0.25) is 0 Å². The molecule has 0 bridgehead atoms. The van der Waals surface area contributed by atoms with Crippen molar-refractivity contribution in [2.45, 2.75) is 25.6 Å². The highest BCUT2D eigenvalue weighted by Gasteiger charge is 2.33. The van der Waals surface area contributed by atoms with Gasteiger partial charge >= 0.3 is 0 Å². The van der Waals surface area contributed by atoms with Gasteiger partial charge < -0.3 is 4.90 Å². The van der Waals surface area contributed by atoms with Crippen molar-refractivity contribution in [2.75, 3.05) is 12.3 Å². The summed E-state index contributed by atoms with van der Waals surface area (Å²) in [4.78, 5) is 12.8. The second-order valence-corrected chi connectivity index (χ2v) is 3.75. The van der Waals surface area contributed by atoms with Crippen molar-refractivity contribution in [3.05, 3.63) is 0 Å². The highest BCUT2D eigenvalue weighted by Crippen LogP contribution is 2.28. The van der Waals surface area contributed by atoms with Crippen molar-refractivity contribution < 1.29 is 4.79 Å². The third-order valence-corrected chi connectivity index (χ3v) is 2.86. The van der Waals surface area contributed by atoms with Crippen molar-refractivity contribution in [1.29, 1.82) is 0 Å². The minimum absolute atomic E-state index is 0.313. The van der Waals surface area contributed by atoms with Gasteiger partial charge in [-0.05, 0) is 12.7 Å². The number of hydrogen-bond acceptors (Lipinski definition) is 2. The van der Waals surface area contributed by atoms with E-state index in [1.807, 2.05) is 23.6 Å². The van der Waals surface area contributed by atoms with Crippen LogP contribution < -0.4 is 0 Å². The lowest BCUT2D eigenvalue weighted by molar-refractivity contribution is -0.141. The lowest BCUT2D eigenvalue weighted by Crippen LogP contribution is -2.50. The number of thioether (sulfide) groups is 1. The Bertz CT molecular complexity index is 138. The molecule has 1 rings (SSSR count). The maximum Gasteiger partial charge on any atom is 0.226 e. The number of β-lactam (4-membered cyclic amide) rings is 1. The number of rotatable bonds is 3. The third-order valence-electron chi connectivity index (χ3n) is 1.72. The van der Waals surface area contributed by atoms with Crippen LogP contribution in [0.5, 0.6) is 0 Å². The second-order valence-electron chi connectivity index (χ2n) is 2.29. The molecule has 0 aliphatic carbocycles. The smallest absolute Gasteiger partial charge is 0.226 e. The van der Waals surface area contributed by atoms with E-state index in [4.69, 9.17) is 0 Å². The van der Waals surface area contributed by atoms with Crippen LogP contribution in [0, 0.1) is 0 Å². The Kier molecular flexibility index (Phi) is 2.60. The van der Waals surface area contributed by atoms with Crippen LogP contribution in [0.1, 0.15) is 20.3 Å². The Balaban J connectivity index is 2.30. The molecule has 1 heterocycles. The van der Waals surface area contributed by atoms with Crippen LogP contribution in [0.15, 0.2) is 0 Å². The fourth-order valence-electron chi connectivity index (χ4n) is 1.15. The molecule has 1 aliphatic heterocycles. The van der Waals surface area contributed by atoms with Crippen LogP contribution in [-0.2, 0) is 4.79 Å². The molecule has 1 fully saturated rings. The van der Waals surface area contributed by atoms with Crippen LogP contribution in [0.3, 0.4) is 0 Å². The Morgan fingerprint density at radius 2 is 2.40 bits per heavy atom. The molecule has 1 unspecified atom stereocenters. The molecule has 2 nitrogen and oxygen atoms in total. The summed E-state index contributed by atoms with van der Waals surface area (Å²) < 4.78 is 0. The Labute approximate surface area is 66.0 Å². The van der Waals surface area contributed by atoms with Gasteiger partial charge in [0.2, 0.25) is 5.91 Å². The van der Waals surface area contributed by atoms with Gasteiger partial charge in [0, 0.05) is 6.54 Å². The minimum Gasteiger partial charge on any atom is -0.330 e. The zero-order valence-corrected chi connectivity index (χ0v) is 7.28. The highest BCUT2D eigenvalue weighted by molar-refractivity contribution is 7.99. The summed E-state index contributed by atoms with van der Waals surface area (Å²) in [5.41, 5.74) is 0. The third kappa shape index (κ3) is 1.29. The van der Waals surface area contributed by atoms with Crippen molar-refractivity contribution in [1.82, 2.24) is 4.90 Å². The molecule has 58 valence electrons. The average molecular weight is 159 g/mol. The van der Waals surface area contributed by atoms with E-state index in [2.05, 4.69) is 6.92 Å². The van der Waals surface area contributed by atoms with Gasteiger partial charge in [0.15, 0.2) is 0 Å². The number of nitrogens with zero attached hydrogens (tertiary/aromatic N) is 1. The summed E-state index contributed by atoms with van der Waals surface area (Å²) in [5, 5.41) is 0.488. The van der Waals surface area contributed by atoms with E-state index >= 15 is 0 Å². The first kappa shape index (κ1) is 7.92. The summed E-state index contributed by atoms with van der Waals surface area (Å²) in [6.07, 6.45) is 0.756. The molecule has 0 radical (unpaired) electrons. The molecule has 0 saturated carbocycles. The lowest BCUT2D eigenvalue weighted by atomic mass is 10.2. The molecule has 1 saturated heterocycles. The van der Waals surface area contributed by atoms with Gasteiger partial charge in [-0.1, -0.05) is 6.92 Å². The number of carbonyl (C=O) groups is 1. The predicted molar refractivity (Wildman–Crippen MR) is 43.9 cm³/mol. The van der Waals surface area contributed by atoms with Crippen molar-refractivity contribution in [3.8, 4) is 0 Å². The van der Waals surface area contributed by atoms with E-state index in [1.54, 1.807) is 0 Å². The zero-order chi connectivity index (χ0) is 7.56. The van der Waals surface area contributed by atoms with E-state index in [-0.39, 0.29) is 0 Å². The topological polar surface area (TPSA) is 20.3 Å². The number of likely N-dealkylation sites (tertiary alicyclic amines) is 1. The number of hydrogen-bond donors (Lipinski definition) is 0. The fraction of sp³-hybridized carbons (Fsp3) is 0.857. The zero-order valence-electron chi connectivity index (χ0n) is 6.46. The summed E-state index contributed by atoms with van der Waals surface area (Å²) >= 11 is 1.86. The summed E-state index contributed by atoms with van der Waals surface area (Å²) in [6, 6.07) is 0. The SMILES string of the molecule is CCSC1CC(=O)N1CC. The van der Waals surface area contributed by atoms with Gasteiger partial charge in [-0.25, -0.2) is 0 Å². The highest BCUT2D eigenvalue weighted by atomic mass is 32.2. The van der Waals surface area contributed by atoms with Gasteiger partial charge in [-0.15, -0.1) is 11.8 Å². The van der Waals surface area contributed by atoms with Crippen LogP contribution in [0.4, 0.5) is 0 Å². The van der Waals surface area contributed by atoms with Crippen molar-refractivity contribution in [3.63, 3.8) is 0 Å². The quantitative estimate of drug-likeness (QED) is 0.579. The first-order valence-electron chi connectivity index (χ1n) is 3.70. The van der Waals surface area contributed by atoms with E-state index in [0.29, 0.717) is 11.3 Å². The molecule has 1 aliphatic rings. The first-order valence-corrected chi connectivity index (χ1v) is 4.75. The van der Waals surface area contributed by atoms with Crippen LogP contribution >= 0.6 is 11.8 Å². The van der Waals surface area contributed by atoms with E-state index in [0.717, 1.165) is 18.7 Å². The van der Waals surface area contributed by atoms with E-state index in [1.165, 1.54) is 0 Å². The van der Waals surface area contributed by atoms with E-state index in [9.17, 15) is 4.79 Å². The average Bonchev–Trinajstić information content (AvgIpc) is 1.88. The van der Waals surface area contributed by atoms with Gasteiger partial charge in [0.05, 0.1) is 11.8 Å². The lowest BCUT2D eigenvalue weighted by Gasteiger charge is -2.38. The largest absolute Gasteiger partial charge is 0.330 e. The van der Waals surface area contributed by atoms with Gasteiger partial charge in [-0.3, -0.25) is 4.79 Å². The molecule has 0 aromatic heterocycles. The van der Waals surface area contributed by atoms with Crippen LogP contribution in [-0.4, -0.2) is 28.5 Å². The Hall–Kier alpha value is -0.180. The maximum absolute atomic E-state index is 10.9. The van der Waals surface area contributed by atoms with Crippen molar-refractivity contribution in [2.24, 2.45) is 0 Å². The number of amides is 1. The Morgan fingerprint density at radius 3 is 2.80 bits per heavy atom. The van der Waals surface area contributed by atoms with Crippen molar-refractivity contribution >= 4 is 17.7 Å². The summed E-state index contributed by atoms with van der Waals surface area (Å²) in [6.45, 7) is 5.03. The predicted octanol–water partition coefficient (Wildman–Crippen LogP) is 1.32. The standard InChI is InChI=1S/C7H13NOS/c1-3-8-6(9)5-7(8)10-4-2/h7H,3-5H2,1-2H3. The molecule has 0 aromatic rings. The first-order chi connectivity index (χ1) is 4.79. The molecule has 0 aromatic carbocycles. The summed E-state index contributed by atoms with van der Waals surface area (Å²) in [5.74, 6) is 1.42. The molecule has 0 N–H and O–H groups in total. The second kappa shape index (κ2) is 3.28. The van der Waals surface area contributed by atoms with Gasteiger partial charge in [0.25, 0.3) is 0 Å². The maximum atomic E-state index is 10.9. The number of carbonyl (C=O) groups excluding carboxylic acids is 1. The fourth-order valence-corrected chi connectivity index (χ4v) is 2.24. The molecule has 3 heteroatoms. The minimum atomic E-state index is 0.313. The summed E-state index contributed by atoms with van der Waals surface area (Å²) in [7, 11) is 0. The van der Waals surface area contributed by atoms with E-state index < -0.39 is 0 Å². The monoisotopic (exact) mass is 159 g/mol. The Morgan fingerprint density at radius 1 is 1.70 bits per heavy atom. The molecular weight excluding hydrogens is 146 g/mol. The van der Waals surface area contributed by atoms with Crippen LogP contribution in [0.25, 0.3) is 0 Å². The van der Waals surface area contributed by atoms with Gasteiger partial charge in [-0.2, -0.15) is 0 Å².